The average Bonchev–Trinajstić information content (AvgIpc) is 3.29. The Hall–Kier alpha value is -3.99. The van der Waals surface area contributed by atoms with E-state index in [2.05, 4.69) is 31.1 Å². The maximum Gasteiger partial charge on any atom is 0.332 e. The Labute approximate surface area is 201 Å². The minimum atomic E-state index is -0.481. The lowest BCUT2D eigenvalue weighted by Crippen LogP contribution is -2.37. The van der Waals surface area contributed by atoms with Crippen molar-refractivity contribution in [3.63, 3.8) is 0 Å². The first-order valence-corrected chi connectivity index (χ1v) is 11.2. The molecule has 2 aromatic carbocycles. The summed E-state index contributed by atoms with van der Waals surface area (Å²) in [6.07, 6.45) is 0. The molecule has 11 heteroatoms. The number of imidazole rings is 1. The number of hydrogen-bond donors (Lipinski definition) is 1. The van der Waals surface area contributed by atoms with E-state index in [4.69, 9.17) is 0 Å². The number of rotatable bonds is 4. The van der Waals surface area contributed by atoms with Crippen LogP contribution in [0.5, 0.6) is 5.88 Å². The van der Waals surface area contributed by atoms with Gasteiger partial charge in [-0.2, -0.15) is 4.98 Å². The number of aryl methyl sites for hydroxylation is 2. The minimum Gasteiger partial charge on any atom is -0.493 e. The van der Waals surface area contributed by atoms with Crippen LogP contribution in [0.2, 0.25) is 0 Å². The Morgan fingerprint density at radius 2 is 1.71 bits per heavy atom. The summed E-state index contributed by atoms with van der Waals surface area (Å²) in [7, 11) is 4.58. The zero-order valence-electron chi connectivity index (χ0n) is 18.6. The highest BCUT2D eigenvalue weighted by Gasteiger charge is 2.19. The molecule has 0 unspecified atom stereocenters. The molecule has 172 valence electrons. The lowest BCUT2D eigenvalue weighted by Gasteiger charge is -2.07. The van der Waals surface area contributed by atoms with Gasteiger partial charge in [-0.3, -0.25) is 13.9 Å². The first kappa shape index (κ1) is 21.8. The zero-order chi connectivity index (χ0) is 24.1. The zero-order valence-corrected chi connectivity index (χ0v) is 20.2. The molecular formula is C23H20BrN7O3. The third-order valence-corrected chi connectivity index (χ3v) is 6.34. The van der Waals surface area contributed by atoms with Gasteiger partial charge in [0, 0.05) is 31.0 Å². The van der Waals surface area contributed by atoms with Crippen molar-refractivity contribution in [2.45, 2.75) is 6.54 Å². The second-order valence-electron chi connectivity index (χ2n) is 7.95. The van der Waals surface area contributed by atoms with E-state index in [-0.39, 0.29) is 28.7 Å². The summed E-state index contributed by atoms with van der Waals surface area (Å²) in [5.41, 5.74) is 1.58. The lowest BCUT2D eigenvalue weighted by atomic mass is 10.2. The molecule has 34 heavy (non-hydrogen) atoms. The largest absolute Gasteiger partial charge is 0.493 e. The van der Waals surface area contributed by atoms with Gasteiger partial charge in [0.05, 0.1) is 12.1 Å². The fraction of sp³-hybridized carbons (Fsp3) is 0.174. The molecule has 0 aliphatic rings. The van der Waals surface area contributed by atoms with Gasteiger partial charge in [0.15, 0.2) is 16.9 Å². The van der Waals surface area contributed by atoms with Crippen molar-refractivity contribution < 1.29 is 5.11 Å². The minimum absolute atomic E-state index is 0.0391. The maximum absolute atomic E-state index is 12.6. The van der Waals surface area contributed by atoms with Crippen LogP contribution >= 0.6 is 15.9 Å². The Morgan fingerprint density at radius 3 is 2.44 bits per heavy atom. The summed E-state index contributed by atoms with van der Waals surface area (Å²) in [6, 6.07) is 15.4. The van der Waals surface area contributed by atoms with Gasteiger partial charge >= 0.3 is 5.69 Å². The molecule has 0 saturated carbocycles. The van der Waals surface area contributed by atoms with Crippen LogP contribution in [0.4, 0.5) is 11.6 Å². The topological polar surface area (TPSA) is 112 Å². The molecule has 0 atom stereocenters. The van der Waals surface area contributed by atoms with Crippen LogP contribution in [-0.2, 0) is 27.7 Å². The molecule has 3 aromatic heterocycles. The lowest BCUT2D eigenvalue weighted by molar-refractivity contribution is 0.429. The summed E-state index contributed by atoms with van der Waals surface area (Å²) >= 11 is 3.48. The smallest absolute Gasteiger partial charge is 0.332 e. The third-order valence-electron chi connectivity index (χ3n) is 5.85. The van der Waals surface area contributed by atoms with Gasteiger partial charge in [-0.15, -0.1) is 10.2 Å². The van der Waals surface area contributed by atoms with Gasteiger partial charge in [0.25, 0.3) is 11.5 Å². The van der Waals surface area contributed by atoms with Crippen molar-refractivity contribution in [2.24, 2.45) is 31.4 Å². The molecule has 0 aliphatic heterocycles. The van der Waals surface area contributed by atoms with E-state index in [1.807, 2.05) is 48.5 Å². The van der Waals surface area contributed by atoms with Crippen LogP contribution in [0.3, 0.4) is 0 Å². The number of azo groups is 1. The number of benzene rings is 2. The van der Waals surface area contributed by atoms with Crippen LogP contribution < -0.4 is 11.2 Å². The summed E-state index contributed by atoms with van der Waals surface area (Å²) in [4.78, 5) is 29.2. The highest BCUT2D eigenvalue weighted by Crippen LogP contribution is 2.41. The molecule has 1 N–H and O–H groups in total. The number of aromatic hydroxyl groups is 1. The SMILES string of the molecule is Cn1c(=O)c2c(nc(N=Nc3c(O)n(Cc4ccccc4)c4ccc(Br)cc34)n2C)n(C)c1=O. The van der Waals surface area contributed by atoms with Crippen LogP contribution in [-0.4, -0.2) is 28.4 Å². The molecule has 0 spiro atoms. The van der Waals surface area contributed by atoms with Crippen molar-refractivity contribution >= 4 is 49.6 Å². The molecule has 5 aromatic rings. The number of halogens is 1. The van der Waals surface area contributed by atoms with E-state index in [0.717, 1.165) is 20.1 Å². The summed E-state index contributed by atoms with van der Waals surface area (Å²) in [6.45, 7) is 0.449. The molecule has 0 saturated heterocycles. The number of nitrogens with zero attached hydrogens (tertiary/aromatic N) is 7. The van der Waals surface area contributed by atoms with Gasteiger partial charge < -0.3 is 14.2 Å². The standard InChI is InChI=1S/C23H20BrN7O3/c1-28-18-19(29(2)23(34)30(3)21(18)33)25-22(28)27-26-17-15-11-14(24)9-10-16(15)31(20(17)32)12-13-7-5-4-6-8-13/h4-11,32H,12H2,1-3H3. The Kier molecular flexibility index (Phi) is 5.20. The number of hydrogen-bond acceptors (Lipinski definition) is 6. The van der Waals surface area contributed by atoms with Gasteiger partial charge in [-0.25, -0.2) is 4.79 Å². The highest BCUT2D eigenvalue weighted by molar-refractivity contribution is 9.10. The Balaban J connectivity index is 1.67. The predicted molar refractivity (Wildman–Crippen MR) is 132 cm³/mol. The molecule has 5 rings (SSSR count). The van der Waals surface area contributed by atoms with Gasteiger partial charge in [-0.05, 0) is 23.8 Å². The van der Waals surface area contributed by atoms with E-state index >= 15 is 0 Å². The highest BCUT2D eigenvalue weighted by atomic mass is 79.9. The normalized spacial score (nSPS) is 11.9. The van der Waals surface area contributed by atoms with Crippen molar-refractivity contribution in [1.82, 2.24) is 23.3 Å². The molecule has 0 radical (unpaired) electrons. The van der Waals surface area contributed by atoms with E-state index in [1.54, 1.807) is 18.7 Å². The van der Waals surface area contributed by atoms with Crippen LogP contribution in [0.15, 0.2) is 72.8 Å². The summed E-state index contributed by atoms with van der Waals surface area (Å²) in [5, 5.41) is 20.3. The fourth-order valence-corrected chi connectivity index (χ4v) is 4.37. The van der Waals surface area contributed by atoms with Gasteiger partial charge in [0.1, 0.15) is 0 Å². The number of aromatic nitrogens is 5. The van der Waals surface area contributed by atoms with Crippen molar-refractivity contribution in [2.75, 3.05) is 0 Å². The first-order chi connectivity index (χ1) is 16.3. The second kappa shape index (κ2) is 8.10. The van der Waals surface area contributed by atoms with E-state index < -0.39 is 11.2 Å². The summed E-state index contributed by atoms with van der Waals surface area (Å²) < 4.78 is 6.38. The molecule has 0 fully saturated rings. The van der Waals surface area contributed by atoms with E-state index in [1.165, 1.54) is 16.2 Å². The predicted octanol–water partition coefficient (Wildman–Crippen LogP) is 3.86. The van der Waals surface area contributed by atoms with Crippen molar-refractivity contribution in [1.29, 1.82) is 0 Å². The van der Waals surface area contributed by atoms with Crippen molar-refractivity contribution in [3.05, 3.63) is 79.4 Å². The fourth-order valence-electron chi connectivity index (χ4n) is 4.01. The first-order valence-electron chi connectivity index (χ1n) is 10.4. The van der Waals surface area contributed by atoms with E-state index in [9.17, 15) is 14.7 Å². The second-order valence-corrected chi connectivity index (χ2v) is 8.87. The Bertz CT molecular complexity index is 1730. The molecule has 0 aliphatic carbocycles. The van der Waals surface area contributed by atoms with Crippen molar-refractivity contribution in [3.8, 4) is 5.88 Å². The molecule has 10 nitrogen and oxygen atoms in total. The molecular weight excluding hydrogens is 502 g/mol. The monoisotopic (exact) mass is 521 g/mol. The molecule has 0 amide bonds. The third kappa shape index (κ3) is 3.36. The quantitative estimate of drug-likeness (QED) is 0.362. The van der Waals surface area contributed by atoms with Crippen LogP contribution in [0.1, 0.15) is 5.56 Å². The average molecular weight is 522 g/mol. The summed E-state index contributed by atoms with van der Waals surface area (Å²) in [5.74, 6) is 0.0921. The van der Waals surface area contributed by atoms with Crippen LogP contribution in [0.25, 0.3) is 22.1 Å². The molecule has 3 heterocycles. The molecule has 0 bridgehead atoms. The van der Waals surface area contributed by atoms with Crippen LogP contribution in [0, 0.1) is 0 Å². The van der Waals surface area contributed by atoms with Gasteiger partial charge in [0.2, 0.25) is 5.88 Å². The number of fused-ring (bicyclic) bond motifs is 2. The maximum atomic E-state index is 12.6. The van der Waals surface area contributed by atoms with Gasteiger partial charge in [-0.1, -0.05) is 46.3 Å². The van der Waals surface area contributed by atoms with E-state index in [0.29, 0.717) is 11.9 Å². The Morgan fingerprint density at radius 1 is 0.971 bits per heavy atom.